The van der Waals surface area contributed by atoms with Crippen LogP contribution in [0.15, 0.2) is 29.6 Å². The summed E-state index contributed by atoms with van der Waals surface area (Å²) in [5, 5.41) is 4.96. The largest absolute Gasteiger partial charge is 0.435 e. The molecule has 3 N–H and O–H groups in total. The van der Waals surface area contributed by atoms with Gasteiger partial charge in [0, 0.05) is 17.5 Å². The molecule has 0 spiro atoms. The molecule has 0 aliphatic carbocycles. The van der Waals surface area contributed by atoms with E-state index in [4.69, 9.17) is 10.5 Å². The number of amides is 1. The molecular formula is C16H17F2N3O3S. The first-order valence-corrected chi connectivity index (χ1v) is 8.60. The van der Waals surface area contributed by atoms with Gasteiger partial charge in [0.1, 0.15) is 11.9 Å². The van der Waals surface area contributed by atoms with E-state index in [1.165, 1.54) is 23.5 Å². The number of ether oxygens (including phenoxy) is 2. The standard InChI is InChI=1S/C16H17F2N3O3S/c17-15(18)24-10-3-1-9(2-4-10)12-8-25-16(20-12)21-14(22)13-6-5-11(7-19)23-13/h1-4,8,11,13,15H,5-7,19H2,(H,20,21,22)/t11-,13+/m1/s1. The third-order valence-electron chi connectivity index (χ3n) is 3.77. The van der Waals surface area contributed by atoms with Crippen molar-refractivity contribution in [2.45, 2.75) is 31.7 Å². The highest BCUT2D eigenvalue weighted by Crippen LogP contribution is 2.28. The molecule has 1 amide bonds. The number of aromatic nitrogens is 1. The molecule has 6 nitrogen and oxygen atoms in total. The van der Waals surface area contributed by atoms with Crippen molar-refractivity contribution in [1.82, 2.24) is 4.98 Å². The molecule has 2 aromatic rings. The molecule has 1 aliphatic heterocycles. The number of hydrogen-bond donors (Lipinski definition) is 2. The lowest BCUT2D eigenvalue weighted by molar-refractivity contribution is -0.126. The number of alkyl halides is 2. The summed E-state index contributed by atoms with van der Waals surface area (Å²) < 4.78 is 34.2. The Bertz CT molecular complexity index is 724. The number of anilines is 1. The van der Waals surface area contributed by atoms with Gasteiger partial charge in [-0.1, -0.05) is 0 Å². The van der Waals surface area contributed by atoms with Gasteiger partial charge in [0.15, 0.2) is 5.13 Å². The van der Waals surface area contributed by atoms with Crippen LogP contribution in [0.1, 0.15) is 12.8 Å². The molecule has 0 unspecified atom stereocenters. The van der Waals surface area contributed by atoms with Gasteiger partial charge < -0.3 is 15.2 Å². The Labute approximate surface area is 147 Å². The number of benzene rings is 1. The van der Waals surface area contributed by atoms with Crippen LogP contribution in [-0.2, 0) is 9.53 Å². The molecule has 0 radical (unpaired) electrons. The predicted molar refractivity (Wildman–Crippen MR) is 89.8 cm³/mol. The van der Waals surface area contributed by atoms with Crippen molar-refractivity contribution in [2.75, 3.05) is 11.9 Å². The molecule has 25 heavy (non-hydrogen) atoms. The molecule has 1 aromatic heterocycles. The summed E-state index contributed by atoms with van der Waals surface area (Å²) in [5.41, 5.74) is 6.91. The minimum atomic E-state index is -2.86. The smallest absolute Gasteiger partial charge is 0.387 e. The van der Waals surface area contributed by atoms with Gasteiger partial charge in [0.05, 0.1) is 11.8 Å². The molecular weight excluding hydrogens is 352 g/mol. The van der Waals surface area contributed by atoms with E-state index in [2.05, 4.69) is 15.0 Å². The topological polar surface area (TPSA) is 86.5 Å². The van der Waals surface area contributed by atoms with Crippen LogP contribution in [0.5, 0.6) is 5.75 Å². The quantitative estimate of drug-likeness (QED) is 0.818. The van der Waals surface area contributed by atoms with Gasteiger partial charge >= 0.3 is 6.61 Å². The van der Waals surface area contributed by atoms with Gasteiger partial charge in [-0.15, -0.1) is 11.3 Å². The van der Waals surface area contributed by atoms with Crippen molar-refractivity contribution in [3.05, 3.63) is 29.6 Å². The number of halogens is 2. The van der Waals surface area contributed by atoms with Crippen molar-refractivity contribution in [1.29, 1.82) is 0 Å². The van der Waals surface area contributed by atoms with Crippen molar-refractivity contribution in [3.8, 4) is 17.0 Å². The predicted octanol–water partition coefficient (Wildman–Crippen LogP) is 2.86. The van der Waals surface area contributed by atoms with Gasteiger partial charge in [0.25, 0.3) is 5.91 Å². The summed E-state index contributed by atoms with van der Waals surface area (Å²) in [7, 11) is 0. The zero-order valence-electron chi connectivity index (χ0n) is 13.2. The maximum Gasteiger partial charge on any atom is 0.387 e. The fourth-order valence-electron chi connectivity index (χ4n) is 2.53. The fourth-order valence-corrected chi connectivity index (χ4v) is 3.25. The van der Waals surface area contributed by atoms with E-state index in [0.717, 1.165) is 12.0 Å². The molecule has 134 valence electrons. The summed E-state index contributed by atoms with van der Waals surface area (Å²) in [5.74, 6) is -0.159. The number of thiazole rings is 1. The fraction of sp³-hybridized carbons (Fsp3) is 0.375. The maximum absolute atomic E-state index is 12.2. The van der Waals surface area contributed by atoms with Crippen molar-refractivity contribution in [2.24, 2.45) is 5.73 Å². The summed E-state index contributed by atoms with van der Waals surface area (Å²) in [6, 6.07) is 6.14. The van der Waals surface area contributed by atoms with Gasteiger partial charge in [-0.3, -0.25) is 10.1 Å². The second-order valence-electron chi connectivity index (χ2n) is 5.49. The molecule has 3 rings (SSSR count). The molecule has 1 fully saturated rings. The van der Waals surface area contributed by atoms with Gasteiger partial charge in [0.2, 0.25) is 0 Å². The van der Waals surface area contributed by atoms with E-state index in [1.54, 1.807) is 17.5 Å². The summed E-state index contributed by atoms with van der Waals surface area (Å²) in [6.07, 6.45) is 0.825. The minimum Gasteiger partial charge on any atom is -0.435 e. The van der Waals surface area contributed by atoms with Crippen LogP contribution in [0, 0.1) is 0 Å². The molecule has 1 saturated heterocycles. The second kappa shape index (κ2) is 7.85. The van der Waals surface area contributed by atoms with E-state index in [-0.39, 0.29) is 17.8 Å². The highest BCUT2D eigenvalue weighted by Gasteiger charge is 2.30. The van der Waals surface area contributed by atoms with Crippen LogP contribution >= 0.6 is 11.3 Å². The van der Waals surface area contributed by atoms with Crippen LogP contribution in [0.25, 0.3) is 11.3 Å². The Morgan fingerprint density at radius 3 is 2.80 bits per heavy atom. The monoisotopic (exact) mass is 369 g/mol. The van der Waals surface area contributed by atoms with Crippen molar-refractivity contribution in [3.63, 3.8) is 0 Å². The molecule has 9 heteroatoms. The van der Waals surface area contributed by atoms with E-state index >= 15 is 0 Å². The van der Waals surface area contributed by atoms with Crippen LogP contribution < -0.4 is 15.8 Å². The first kappa shape index (κ1) is 17.7. The van der Waals surface area contributed by atoms with Gasteiger partial charge in [-0.2, -0.15) is 8.78 Å². The van der Waals surface area contributed by atoms with Gasteiger partial charge in [-0.05, 0) is 37.1 Å². The first-order chi connectivity index (χ1) is 12.0. The van der Waals surface area contributed by atoms with E-state index in [9.17, 15) is 13.6 Å². The Kier molecular flexibility index (Phi) is 5.57. The number of hydrogen-bond acceptors (Lipinski definition) is 6. The molecule has 1 aromatic carbocycles. The van der Waals surface area contributed by atoms with E-state index in [0.29, 0.717) is 23.8 Å². The maximum atomic E-state index is 12.2. The summed E-state index contributed by atoms with van der Waals surface area (Å²) in [4.78, 5) is 16.5. The lowest BCUT2D eigenvalue weighted by Gasteiger charge is -2.11. The SMILES string of the molecule is NC[C@H]1CC[C@@H](C(=O)Nc2nc(-c3ccc(OC(F)F)cc3)cs2)O1. The molecule has 0 saturated carbocycles. The highest BCUT2D eigenvalue weighted by molar-refractivity contribution is 7.14. The average molecular weight is 369 g/mol. The Morgan fingerprint density at radius 2 is 2.16 bits per heavy atom. The first-order valence-electron chi connectivity index (χ1n) is 7.72. The molecule has 2 atom stereocenters. The normalized spacial score (nSPS) is 20.0. The summed E-state index contributed by atoms with van der Waals surface area (Å²) >= 11 is 1.28. The number of carbonyl (C=O) groups excluding carboxylic acids is 1. The lowest BCUT2D eigenvalue weighted by atomic mass is 10.2. The van der Waals surface area contributed by atoms with Gasteiger partial charge in [-0.25, -0.2) is 4.98 Å². The molecule has 0 bridgehead atoms. The number of nitrogens with one attached hydrogen (secondary N) is 1. The minimum absolute atomic E-state index is 0.0726. The zero-order chi connectivity index (χ0) is 17.8. The third-order valence-corrected chi connectivity index (χ3v) is 4.53. The number of nitrogens with zero attached hydrogens (tertiary/aromatic N) is 1. The second-order valence-corrected chi connectivity index (χ2v) is 6.35. The Hall–Kier alpha value is -2.10. The van der Waals surface area contributed by atoms with Crippen LogP contribution in [0.2, 0.25) is 0 Å². The number of rotatable bonds is 6. The van der Waals surface area contributed by atoms with Crippen LogP contribution in [-0.4, -0.2) is 36.3 Å². The van der Waals surface area contributed by atoms with Crippen molar-refractivity contribution >= 4 is 22.4 Å². The Morgan fingerprint density at radius 1 is 1.40 bits per heavy atom. The zero-order valence-corrected chi connectivity index (χ0v) is 14.0. The number of nitrogens with two attached hydrogens (primary N) is 1. The molecule has 1 aliphatic rings. The average Bonchev–Trinajstić information content (AvgIpc) is 3.24. The lowest BCUT2D eigenvalue weighted by Crippen LogP contribution is -2.29. The van der Waals surface area contributed by atoms with Crippen molar-refractivity contribution < 1.29 is 23.0 Å². The van der Waals surface area contributed by atoms with E-state index < -0.39 is 12.7 Å². The summed E-state index contributed by atoms with van der Waals surface area (Å²) in [6.45, 7) is -2.46. The third kappa shape index (κ3) is 4.50. The van der Waals surface area contributed by atoms with Crippen LogP contribution in [0.4, 0.5) is 13.9 Å². The molecule has 2 heterocycles. The van der Waals surface area contributed by atoms with Crippen LogP contribution in [0.3, 0.4) is 0 Å². The van der Waals surface area contributed by atoms with E-state index in [1.807, 2.05) is 0 Å². The number of carbonyl (C=O) groups is 1. The highest BCUT2D eigenvalue weighted by atomic mass is 32.1. The Balaban J connectivity index is 1.61.